The summed E-state index contributed by atoms with van der Waals surface area (Å²) in [4.78, 5) is 2.15. The number of nitrogens with one attached hydrogen (secondary N) is 2. The van der Waals surface area contributed by atoms with E-state index >= 15 is 0 Å². The third-order valence-electron chi connectivity index (χ3n) is 4.88. The van der Waals surface area contributed by atoms with E-state index in [1.54, 1.807) is 0 Å². The quantitative estimate of drug-likeness (QED) is 0.362. The van der Waals surface area contributed by atoms with Gasteiger partial charge in [0.25, 0.3) is 0 Å². The Morgan fingerprint density at radius 2 is 1.44 bits per heavy atom. The molecule has 0 saturated heterocycles. The van der Waals surface area contributed by atoms with Gasteiger partial charge in [0.2, 0.25) is 0 Å². The molecule has 0 aliphatic carbocycles. The molecule has 0 amide bonds. The first kappa shape index (κ1) is 25.9. The lowest BCUT2D eigenvalue weighted by molar-refractivity contribution is -0.143. The standard InChI is InChI=1S/C22H25F6N3S/c1-3-31(4-2)14-19(10-15-8-6-5-7-9-15)30-20(32)29-18-12-16(21(23,24)25)11-17(13-18)22(26,27)28/h5-9,11-13,19H,3-4,10,14H2,1-2H3,(H2,29,30,32)/t19-/m0/s1. The van der Waals surface area contributed by atoms with Crippen molar-refractivity contribution >= 4 is 23.0 Å². The van der Waals surface area contributed by atoms with Gasteiger partial charge in [0.05, 0.1) is 11.1 Å². The second-order valence-corrected chi connectivity index (χ2v) is 7.67. The van der Waals surface area contributed by atoms with Gasteiger partial charge in [-0.05, 0) is 55.5 Å². The first-order chi connectivity index (χ1) is 14.9. The molecule has 176 valence electrons. The Bertz CT molecular complexity index is 847. The van der Waals surface area contributed by atoms with Crippen LogP contribution >= 0.6 is 12.2 Å². The Labute approximate surface area is 188 Å². The summed E-state index contributed by atoms with van der Waals surface area (Å²) in [6.07, 6.45) is -9.27. The summed E-state index contributed by atoms with van der Waals surface area (Å²) in [5.74, 6) is 0. The summed E-state index contributed by atoms with van der Waals surface area (Å²) < 4.78 is 78.6. The van der Waals surface area contributed by atoms with Gasteiger partial charge in [-0.3, -0.25) is 0 Å². The molecule has 32 heavy (non-hydrogen) atoms. The van der Waals surface area contributed by atoms with Crippen LogP contribution in [0.15, 0.2) is 48.5 Å². The molecule has 0 spiro atoms. The normalized spacial score (nSPS) is 13.2. The van der Waals surface area contributed by atoms with E-state index in [4.69, 9.17) is 12.2 Å². The maximum atomic E-state index is 13.1. The first-order valence-electron chi connectivity index (χ1n) is 10.1. The Morgan fingerprint density at radius 1 is 0.906 bits per heavy atom. The van der Waals surface area contributed by atoms with Crippen molar-refractivity contribution in [2.45, 2.75) is 38.7 Å². The maximum absolute atomic E-state index is 13.1. The van der Waals surface area contributed by atoms with Crippen LogP contribution in [0.5, 0.6) is 0 Å². The molecule has 0 radical (unpaired) electrons. The molecule has 0 bridgehead atoms. The van der Waals surface area contributed by atoms with Crippen LogP contribution in [0.1, 0.15) is 30.5 Å². The molecular weight excluding hydrogens is 452 g/mol. The average Bonchev–Trinajstić information content (AvgIpc) is 2.71. The van der Waals surface area contributed by atoms with Crippen molar-refractivity contribution in [1.29, 1.82) is 0 Å². The predicted octanol–water partition coefficient (Wildman–Crippen LogP) is 5.96. The van der Waals surface area contributed by atoms with Crippen molar-refractivity contribution in [1.82, 2.24) is 10.2 Å². The van der Waals surface area contributed by atoms with Crippen molar-refractivity contribution in [3.05, 3.63) is 65.2 Å². The van der Waals surface area contributed by atoms with Gasteiger partial charge in [0.1, 0.15) is 0 Å². The van der Waals surface area contributed by atoms with Crippen molar-refractivity contribution in [3.63, 3.8) is 0 Å². The van der Waals surface area contributed by atoms with Gasteiger partial charge < -0.3 is 15.5 Å². The Balaban J connectivity index is 2.22. The van der Waals surface area contributed by atoms with Crippen molar-refractivity contribution < 1.29 is 26.3 Å². The van der Waals surface area contributed by atoms with Crippen molar-refractivity contribution in [3.8, 4) is 0 Å². The molecule has 10 heteroatoms. The third-order valence-corrected chi connectivity index (χ3v) is 5.10. The molecule has 2 aromatic carbocycles. The molecule has 0 unspecified atom stereocenters. The Hall–Kier alpha value is -2.33. The van der Waals surface area contributed by atoms with Crippen LogP contribution < -0.4 is 10.6 Å². The molecule has 0 saturated carbocycles. The average molecular weight is 478 g/mol. The summed E-state index contributed by atoms with van der Waals surface area (Å²) in [6, 6.07) is 10.6. The number of hydrogen-bond acceptors (Lipinski definition) is 2. The highest BCUT2D eigenvalue weighted by molar-refractivity contribution is 7.80. The topological polar surface area (TPSA) is 27.3 Å². The molecular formula is C22H25F6N3S. The monoisotopic (exact) mass is 477 g/mol. The van der Waals surface area contributed by atoms with Gasteiger partial charge in [-0.15, -0.1) is 0 Å². The Kier molecular flexibility index (Phi) is 8.91. The fourth-order valence-corrected chi connectivity index (χ4v) is 3.52. The van der Waals surface area contributed by atoms with E-state index in [2.05, 4.69) is 15.5 Å². The zero-order valence-corrected chi connectivity index (χ0v) is 18.5. The predicted molar refractivity (Wildman–Crippen MR) is 118 cm³/mol. The van der Waals surface area contributed by atoms with Crippen molar-refractivity contribution in [2.75, 3.05) is 25.0 Å². The fraction of sp³-hybridized carbons (Fsp3) is 0.409. The molecule has 0 aliphatic heterocycles. The van der Waals surface area contributed by atoms with Gasteiger partial charge in [-0.2, -0.15) is 26.3 Å². The summed E-state index contributed by atoms with van der Waals surface area (Å²) in [5.41, 5.74) is -2.16. The van der Waals surface area contributed by atoms with E-state index in [1.165, 1.54) is 0 Å². The minimum atomic E-state index is -4.93. The van der Waals surface area contributed by atoms with E-state index in [-0.39, 0.29) is 22.9 Å². The molecule has 2 rings (SSSR count). The number of nitrogens with zero attached hydrogens (tertiary/aromatic N) is 1. The van der Waals surface area contributed by atoms with Crippen LogP contribution in [0.2, 0.25) is 0 Å². The minimum Gasteiger partial charge on any atom is -0.358 e. The van der Waals surface area contributed by atoms with E-state index in [0.717, 1.165) is 18.7 Å². The van der Waals surface area contributed by atoms with Gasteiger partial charge in [-0.1, -0.05) is 44.2 Å². The van der Waals surface area contributed by atoms with Crippen LogP contribution in [-0.2, 0) is 18.8 Å². The molecule has 3 nitrogen and oxygen atoms in total. The number of likely N-dealkylation sites (N-methyl/N-ethyl adjacent to an activating group) is 1. The summed E-state index contributed by atoms with van der Waals surface area (Å²) in [5, 5.41) is 5.49. The lowest BCUT2D eigenvalue weighted by Gasteiger charge is -2.27. The van der Waals surface area contributed by atoms with Crippen LogP contribution in [0, 0.1) is 0 Å². The number of thiocarbonyl (C=S) groups is 1. The summed E-state index contributed by atoms with van der Waals surface area (Å²) >= 11 is 5.22. The van der Waals surface area contributed by atoms with Crippen LogP contribution in [0.3, 0.4) is 0 Å². The van der Waals surface area contributed by atoms with Crippen molar-refractivity contribution in [2.24, 2.45) is 0 Å². The van der Waals surface area contributed by atoms with E-state index in [9.17, 15) is 26.3 Å². The van der Waals surface area contributed by atoms with Gasteiger partial charge >= 0.3 is 12.4 Å². The molecule has 0 heterocycles. The summed E-state index contributed by atoms with van der Waals surface area (Å²) in [7, 11) is 0. The van der Waals surface area contributed by atoms with Crippen LogP contribution in [-0.4, -0.2) is 35.7 Å². The molecule has 2 N–H and O–H groups in total. The molecule has 0 aliphatic rings. The van der Waals surface area contributed by atoms with E-state index in [0.29, 0.717) is 25.1 Å². The maximum Gasteiger partial charge on any atom is 0.416 e. The number of alkyl halides is 6. The second-order valence-electron chi connectivity index (χ2n) is 7.27. The number of benzene rings is 2. The zero-order chi connectivity index (χ0) is 23.9. The summed E-state index contributed by atoms with van der Waals surface area (Å²) in [6.45, 7) is 6.17. The van der Waals surface area contributed by atoms with Crippen LogP contribution in [0.25, 0.3) is 0 Å². The largest absolute Gasteiger partial charge is 0.416 e. The smallest absolute Gasteiger partial charge is 0.358 e. The number of anilines is 1. The second kappa shape index (κ2) is 11.0. The number of rotatable bonds is 8. The fourth-order valence-electron chi connectivity index (χ4n) is 3.23. The zero-order valence-electron chi connectivity index (χ0n) is 17.6. The van der Waals surface area contributed by atoms with Gasteiger partial charge in [0.15, 0.2) is 5.11 Å². The number of hydrogen-bond donors (Lipinski definition) is 2. The molecule has 2 aromatic rings. The SMILES string of the molecule is CCN(CC)C[C@H](Cc1ccccc1)NC(=S)Nc1cc(C(F)(F)F)cc(C(F)(F)F)c1. The molecule has 0 aromatic heterocycles. The highest BCUT2D eigenvalue weighted by Crippen LogP contribution is 2.37. The lowest BCUT2D eigenvalue weighted by Crippen LogP contribution is -2.46. The highest BCUT2D eigenvalue weighted by atomic mass is 32.1. The van der Waals surface area contributed by atoms with E-state index < -0.39 is 23.5 Å². The lowest BCUT2D eigenvalue weighted by atomic mass is 10.1. The minimum absolute atomic E-state index is 0.0504. The Morgan fingerprint density at radius 3 is 1.91 bits per heavy atom. The highest BCUT2D eigenvalue weighted by Gasteiger charge is 2.37. The third kappa shape index (κ3) is 7.98. The van der Waals surface area contributed by atoms with E-state index in [1.807, 2.05) is 44.2 Å². The van der Waals surface area contributed by atoms with Gasteiger partial charge in [-0.25, -0.2) is 0 Å². The molecule has 0 fully saturated rings. The van der Waals surface area contributed by atoms with Crippen LogP contribution in [0.4, 0.5) is 32.0 Å². The molecule has 1 atom stereocenters. The first-order valence-corrected chi connectivity index (χ1v) is 10.5. The van der Waals surface area contributed by atoms with Gasteiger partial charge in [0, 0.05) is 18.3 Å². The number of halogens is 6.